The molecule has 0 atom stereocenters. The number of methoxy groups -OCH3 is 2. The maximum atomic E-state index is 13.4. The number of benzene rings is 2. The van der Waals surface area contributed by atoms with E-state index < -0.39 is 0 Å². The molecule has 0 aliphatic heterocycles. The van der Waals surface area contributed by atoms with E-state index in [0.717, 1.165) is 24.2 Å². The molecule has 0 fully saturated rings. The minimum Gasteiger partial charge on any atom is -0.497 e. The zero-order valence-corrected chi connectivity index (χ0v) is 22.0. The van der Waals surface area contributed by atoms with Gasteiger partial charge in [0.05, 0.1) is 25.6 Å². The van der Waals surface area contributed by atoms with Crippen molar-refractivity contribution in [3.8, 4) is 17.2 Å². The Labute approximate surface area is 213 Å². The molecule has 0 saturated heterocycles. The molecule has 3 rings (SSSR count). The standard InChI is InChI=1S/C28H36N4O4/c1-7-8-14-31(27(34)20-15-22(35-5)17-23(16-20)36-6)19-26(33)29-25-18-24(28(2,3)4)30-32(25)21-12-10-9-11-13-21/h9-13,15-18H,7-8,14,19H2,1-6H3,(H,29,33). The second-order valence-corrected chi connectivity index (χ2v) is 9.64. The van der Waals surface area contributed by atoms with Crippen molar-refractivity contribution in [2.45, 2.75) is 46.0 Å². The summed E-state index contributed by atoms with van der Waals surface area (Å²) >= 11 is 0. The lowest BCUT2D eigenvalue weighted by Gasteiger charge is -2.23. The van der Waals surface area contributed by atoms with Crippen LogP contribution in [-0.2, 0) is 10.2 Å². The van der Waals surface area contributed by atoms with Gasteiger partial charge in [-0.1, -0.05) is 52.3 Å². The van der Waals surface area contributed by atoms with Crippen LogP contribution in [0.3, 0.4) is 0 Å². The highest BCUT2D eigenvalue weighted by atomic mass is 16.5. The molecule has 8 nitrogen and oxygen atoms in total. The highest BCUT2D eigenvalue weighted by Crippen LogP contribution is 2.27. The minimum atomic E-state index is -0.299. The third-order valence-corrected chi connectivity index (χ3v) is 5.75. The first kappa shape index (κ1) is 26.8. The topological polar surface area (TPSA) is 85.7 Å². The SMILES string of the molecule is CCCCN(CC(=O)Nc1cc(C(C)(C)C)nn1-c1ccccc1)C(=O)c1cc(OC)cc(OC)c1. The van der Waals surface area contributed by atoms with Gasteiger partial charge in [-0.05, 0) is 30.7 Å². The smallest absolute Gasteiger partial charge is 0.254 e. The Morgan fingerprint density at radius 1 is 1.00 bits per heavy atom. The molecule has 0 aliphatic rings. The van der Waals surface area contributed by atoms with Gasteiger partial charge in [0, 0.05) is 29.7 Å². The largest absolute Gasteiger partial charge is 0.497 e. The number of hydrogen-bond acceptors (Lipinski definition) is 5. The first-order chi connectivity index (χ1) is 17.2. The molecule has 0 unspecified atom stereocenters. The van der Waals surface area contributed by atoms with E-state index in [1.165, 1.54) is 14.2 Å². The van der Waals surface area contributed by atoms with Crippen LogP contribution < -0.4 is 14.8 Å². The predicted octanol–water partition coefficient (Wildman–Crippen LogP) is 5.07. The molecule has 0 spiro atoms. The van der Waals surface area contributed by atoms with Crippen LogP contribution >= 0.6 is 0 Å². The van der Waals surface area contributed by atoms with Gasteiger partial charge in [0.2, 0.25) is 5.91 Å². The number of nitrogens with one attached hydrogen (secondary N) is 1. The van der Waals surface area contributed by atoms with E-state index >= 15 is 0 Å². The molecule has 0 radical (unpaired) electrons. The monoisotopic (exact) mass is 492 g/mol. The molecule has 0 saturated carbocycles. The van der Waals surface area contributed by atoms with E-state index in [1.807, 2.05) is 43.3 Å². The average Bonchev–Trinajstić information content (AvgIpc) is 3.30. The number of amides is 2. The summed E-state index contributed by atoms with van der Waals surface area (Å²) in [6, 6.07) is 16.5. The molecule has 192 valence electrons. The Morgan fingerprint density at radius 3 is 2.19 bits per heavy atom. The first-order valence-corrected chi connectivity index (χ1v) is 12.1. The van der Waals surface area contributed by atoms with Crippen LogP contribution in [-0.4, -0.2) is 53.8 Å². The molecule has 8 heteroatoms. The number of ether oxygens (including phenoxy) is 2. The Kier molecular flexibility index (Phi) is 8.74. The molecule has 1 N–H and O–H groups in total. The highest BCUT2D eigenvalue weighted by Gasteiger charge is 2.24. The fourth-order valence-corrected chi connectivity index (χ4v) is 3.67. The molecule has 1 aromatic heterocycles. The van der Waals surface area contributed by atoms with Gasteiger partial charge in [0.1, 0.15) is 23.9 Å². The van der Waals surface area contributed by atoms with Crippen molar-refractivity contribution < 1.29 is 19.1 Å². The van der Waals surface area contributed by atoms with Crippen molar-refractivity contribution in [1.82, 2.24) is 14.7 Å². The number of para-hydroxylation sites is 1. The summed E-state index contributed by atoms with van der Waals surface area (Å²) in [6.07, 6.45) is 1.67. The molecular weight excluding hydrogens is 456 g/mol. The third kappa shape index (κ3) is 6.65. The van der Waals surface area contributed by atoms with Crippen LogP contribution in [0.2, 0.25) is 0 Å². The van der Waals surface area contributed by atoms with Crippen molar-refractivity contribution in [2.75, 3.05) is 32.6 Å². The van der Waals surface area contributed by atoms with Crippen molar-refractivity contribution >= 4 is 17.6 Å². The maximum Gasteiger partial charge on any atom is 0.254 e. The molecular formula is C28H36N4O4. The summed E-state index contributed by atoms with van der Waals surface area (Å²) < 4.78 is 12.4. The lowest BCUT2D eigenvalue weighted by Crippen LogP contribution is -2.39. The summed E-state index contributed by atoms with van der Waals surface area (Å²) in [4.78, 5) is 28.2. The zero-order valence-electron chi connectivity index (χ0n) is 22.0. The van der Waals surface area contributed by atoms with Crippen LogP contribution in [0.5, 0.6) is 11.5 Å². The molecule has 2 aromatic carbocycles. The normalized spacial score (nSPS) is 11.2. The average molecular weight is 493 g/mol. The number of nitrogens with zero attached hydrogens (tertiary/aromatic N) is 3. The second-order valence-electron chi connectivity index (χ2n) is 9.64. The molecule has 0 aliphatic carbocycles. The maximum absolute atomic E-state index is 13.4. The van der Waals surface area contributed by atoms with E-state index in [-0.39, 0.29) is 23.8 Å². The van der Waals surface area contributed by atoms with Crippen molar-refractivity contribution in [3.63, 3.8) is 0 Å². The fraction of sp³-hybridized carbons (Fsp3) is 0.393. The molecule has 36 heavy (non-hydrogen) atoms. The van der Waals surface area contributed by atoms with Gasteiger partial charge in [-0.25, -0.2) is 4.68 Å². The predicted molar refractivity (Wildman–Crippen MR) is 141 cm³/mol. The van der Waals surface area contributed by atoms with Gasteiger partial charge < -0.3 is 19.7 Å². The summed E-state index contributed by atoms with van der Waals surface area (Å²) in [7, 11) is 3.07. The van der Waals surface area contributed by atoms with Crippen molar-refractivity contribution in [2.24, 2.45) is 0 Å². The Morgan fingerprint density at radius 2 is 1.64 bits per heavy atom. The summed E-state index contributed by atoms with van der Waals surface area (Å²) in [5, 5.41) is 7.73. The number of hydrogen-bond donors (Lipinski definition) is 1. The van der Waals surface area contributed by atoms with Crippen LogP contribution in [0.15, 0.2) is 54.6 Å². The van der Waals surface area contributed by atoms with Gasteiger partial charge in [0.25, 0.3) is 5.91 Å². The number of anilines is 1. The van der Waals surface area contributed by atoms with E-state index in [9.17, 15) is 9.59 Å². The van der Waals surface area contributed by atoms with E-state index in [1.54, 1.807) is 27.8 Å². The summed E-state index contributed by atoms with van der Waals surface area (Å²) in [5.41, 5.74) is 1.89. The molecule has 1 heterocycles. The van der Waals surface area contributed by atoms with Gasteiger partial charge in [-0.15, -0.1) is 0 Å². The Bertz CT molecular complexity index is 1160. The van der Waals surface area contributed by atoms with Gasteiger partial charge in [-0.3, -0.25) is 9.59 Å². The molecule has 0 bridgehead atoms. The zero-order chi connectivity index (χ0) is 26.3. The highest BCUT2D eigenvalue weighted by molar-refractivity contribution is 5.99. The van der Waals surface area contributed by atoms with Crippen LogP contribution in [0, 0.1) is 0 Å². The Hall–Kier alpha value is -3.81. The summed E-state index contributed by atoms with van der Waals surface area (Å²) in [5.74, 6) is 1.02. The van der Waals surface area contributed by atoms with E-state index in [2.05, 4.69) is 26.1 Å². The van der Waals surface area contributed by atoms with Gasteiger partial charge in [0.15, 0.2) is 0 Å². The lowest BCUT2D eigenvalue weighted by atomic mass is 9.92. The first-order valence-electron chi connectivity index (χ1n) is 12.1. The van der Waals surface area contributed by atoms with Gasteiger partial charge in [-0.2, -0.15) is 5.10 Å². The fourth-order valence-electron chi connectivity index (χ4n) is 3.67. The van der Waals surface area contributed by atoms with Gasteiger partial charge >= 0.3 is 0 Å². The molecule has 2 amide bonds. The minimum absolute atomic E-state index is 0.0941. The second kappa shape index (κ2) is 11.7. The number of aromatic nitrogens is 2. The number of unbranched alkanes of at least 4 members (excludes halogenated alkanes) is 1. The van der Waals surface area contributed by atoms with E-state index in [0.29, 0.717) is 29.4 Å². The van der Waals surface area contributed by atoms with Crippen molar-refractivity contribution in [1.29, 1.82) is 0 Å². The number of rotatable bonds is 10. The number of carbonyl (C=O) groups excluding carboxylic acids is 2. The molecule has 3 aromatic rings. The van der Waals surface area contributed by atoms with Crippen molar-refractivity contribution in [3.05, 3.63) is 65.9 Å². The third-order valence-electron chi connectivity index (χ3n) is 5.75. The van der Waals surface area contributed by atoms with E-state index in [4.69, 9.17) is 14.6 Å². The Balaban J connectivity index is 1.87. The lowest BCUT2D eigenvalue weighted by molar-refractivity contribution is -0.116. The van der Waals surface area contributed by atoms with Crippen LogP contribution in [0.1, 0.15) is 56.6 Å². The quantitative estimate of drug-likeness (QED) is 0.427. The number of carbonyl (C=O) groups is 2. The van der Waals surface area contributed by atoms with Crippen LogP contribution in [0.25, 0.3) is 5.69 Å². The van der Waals surface area contributed by atoms with Crippen LogP contribution in [0.4, 0.5) is 5.82 Å². The summed E-state index contributed by atoms with van der Waals surface area (Å²) in [6.45, 7) is 8.62.